The van der Waals surface area contributed by atoms with Crippen LogP contribution in [-0.4, -0.2) is 19.7 Å². The molecule has 0 bridgehead atoms. The zero-order chi connectivity index (χ0) is 14.0. The van der Waals surface area contributed by atoms with Crippen LogP contribution in [0.2, 0.25) is 0 Å². The van der Waals surface area contributed by atoms with Crippen LogP contribution in [0.5, 0.6) is 0 Å². The third-order valence-electron chi connectivity index (χ3n) is 2.33. The molecule has 0 aromatic heterocycles. The summed E-state index contributed by atoms with van der Waals surface area (Å²) >= 11 is 0. The number of rotatable bonds is 4. The minimum absolute atomic E-state index is 0.0681. The molecule has 1 aromatic carbocycles. The van der Waals surface area contributed by atoms with Gasteiger partial charge in [-0.2, -0.15) is 13.2 Å². The van der Waals surface area contributed by atoms with E-state index in [1.807, 2.05) is 0 Å². The quantitative estimate of drug-likeness (QED) is 0.851. The third-order valence-corrected chi connectivity index (χ3v) is 3.84. The second kappa shape index (κ2) is 5.09. The van der Waals surface area contributed by atoms with Crippen molar-refractivity contribution in [3.63, 3.8) is 0 Å². The molecule has 0 aliphatic rings. The van der Waals surface area contributed by atoms with Crippen LogP contribution in [-0.2, 0) is 21.1 Å². The Morgan fingerprint density at radius 1 is 1.17 bits per heavy atom. The van der Waals surface area contributed by atoms with Gasteiger partial charge in [-0.05, 0) is 17.7 Å². The van der Waals surface area contributed by atoms with Crippen molar-refractivity contribution >= 4 is 15.6 Å². The predicted octanol–water partition coefficient (Wildman–Crippen LogP) is 2.50. The molecule has 0 radical (unpaired) electrons. The minimum Gasteiger partial charge on any atom is -0.299 e. The Morgan fingerprint density at radius 3 is 2.06 bits per heavy atom. The number of alkyl halides is 3. The number of hydrogen-bond acceptors (Lipinski definition) is 3. The summed E-state index contributed by atoms with van der Waals surface area (Å²) in [6, 6.07) is 4.15. The molecule has 0 heterocycles. The number of halogens is 3. The Bertz CT molecular complexity index is 530. The van der Waals surface area contributed by atoms with E-state index in [4.69, 9.17) is 0 Å². The van der Waals surface area contributed by atoms with E-state index >= 15 is 0 Å². The summed E-state index contributed by atoms with van der Waals surface area (Å²) < 4.78 is 58.8. The molecule has 0 N–H and O–H groups in total. The fraction of sp³-hybridized carbons (Fsp3) is 0.364. The molecule has 0 aliphatic heterocycles. The van der Waals surface area contributed by atoms with E-state index < -0.39 is 20.2 Å². The average molecular weight is 280 g/mol. The van der Waals surface area contributed by atoms with Crippen LogP contribution < -0.4 is 0 Å². The Morgan fingerprint density at radius 2 is 1.67 bits per heavy atom. The van der Waals surface area contributed by atoms with Gasteiger partial charge < -0.3 is 0 Å². The summed E-state index contributed by atoms with van der Waals surface area (Å²) in [5.74, 6) is -0.0681. The van der Waals surface area contributed by atoms with E-state index in [2.05, 4.69) is 0 Å². The molecule has 100 valence electrons. The summed E-state index contributed by atoms with van der Waals surface area (Å²) in [5.41, 5.74) is -4.82. The lowest BCUT2D eigenvalue weighted by molar-refractivity contribution is -0.118. The number of hydrogen-bond donors (Lipinski definition) is 0. The summed E-state index contributed by atoms with van der Waals surface area (Å²) in [6.07, 6.45) is 0.408. The largest absolute Gasteiger partial charge is 0.501 e. The fourth-order valence-electron chi connectivity index (χ4n) is 1.27. The van der Waals surface area contributed by atoms with Gasteiger partial charge in [0.05, 0.1) is 4.90 Å². The molecule has 0 saturated heterocycles. The van der Waals surface area contributed by atoms with Gasteiger partial charge in [-0.15, -0.1) is 0 Å². The maximum absolute atomic E-state index is 12.2. The van der Waals surface area contributed by atoms with Crippen molar-refractivity contribution in [2.45, 2.75) is 30.2 Å². The van der Waals surface area contributed by atoms with Gasteiger partial charge >= 0.3 is 5.51 Å². The van der Waals surface area contributed by atoms with Crippen molar-refractivity contribution in [3.05, 3.63) is 29.8 Å². The zero-order valence-electron chi connectivity index (χ0n) is 9.49. The van der Waals surface area contributed by atoms with Gasteiger partial charge in [0.25, 0.3) is 9.84 Å². The summed E-state index contributed by atoms with van der Waals surface area (Å²) in [5, 5.41) is 0. The monoisotopic (exact) mass is 280 g/mol. The molecular weight excluding hydrogens is 269 g/mol. The van der Waals surface area contributed by atoms with Gasteiger partial charge in [0.2, 0.25) is 0 Å². The van der Waals surface area contributed by atoms with Gasteiger partial charge in [0.1, 0.15) is 5.78 Å². The highest BCUT2D eigenvalue weighted by Gasteiger charge is 2.46. The van der Waals surface area contributed by atoms with Crippen molar-refractivity contribution in [3.8, 4) is 0 Å². The first-order chi connectivity index (χ1) is 8.18. The summed E-state index contributed by atoms with van der Waals surface area (Å²) in [6.45, 7) is 1.67. The Hall–Kier alpha value is -1.37. The van der Waals surface area contributed by atoms with E-state index in [9.17, 15) is 26.4 Å². The lowest BCUT2D eigenvalue weighted by Gasteiger charge is -2.08. The Balaban J connectivity index is 3.01. The zero-order valence-corrected chi connectivity index (χ0v) is 10.3. The maximum atomic E-state index is 12.2. The van der Waals surface area contributed by atoms with Crippen LogP contribution in [0.15, 0.2) is 29.2 Å². The van der Waals surface area contributed by atoms with Crippen LogP contribution in [0.1, 0.15) is 18.9 Å². The van der Waals surface area contributed by atoms with Crippen molar-refractivity contribution < 1.29 is 26.4 Å². The molecule has 1 rings (SSSR count). The van der Waals surface area contributed by atoms with Gasteiger partial charge in [0.15, 0.2) is 0 Å². The summed E-state index contributed by atoms with van der Waals surface area (Å²) in [7, 11) is -5.31. The fourth-order valence-corrected chi connectivity index (χ4v) is 2.03. The van der Waals surface area contributed by atoms with Crippen molar-refractivity contribution in [2.75, 3.05) is 0 Å². The van der Waals surface area contributed by atoms with Gasteiger partial charge in [0, 0.05) is 12.8 Å². The topological polar surface area (TPSA) is 51.2 Å². The number of carbonyl (C=O) groups is 1. The van der Waals surface area contributed by atoms with Crippen LogP contribution in [0.4, 0.5) is 13.2 Å². The number of benzene rings is 1. The molecule has 0 amide bonds. The second-order valence-corrected chi connectivity index (χ2v) is 5.60. The van der Waals surface area contributed by atoms with Gasteiger partial charge in [-0.1, -0.05) is 19.1 Å². The normalized spacial score (nSPS) is 12.4. The van der Waals surface area contributed by atoms with Crippen molar-refractivity contribution in [1.82, 2.24) is 0 Å². The molecule has 0 fully saturated rings. The van der Waals surface area contributed by atoms with Crippen LogP contribution >= 0.6 is 0 Å². The lowest BCUT2D eigenvalue weighted by atomic mass is 10.1. The highest BCUT2D eigenvalue weighted by molar-refractivity contribution is 7.92. The van der Waals surface area contributed by atoms with E-state index in [0.717, 1.165) is 12.1 Å². The highest BCUT2D eigenvalue weighted by Crippen LogP contribution is 2.30. The van der Waals surface area contributed by atoms with Crippen molar-refractivity contribution in [2.24, 2.45) is 0 Å². The molecule has 0 unspecified atom stereocenters. The number of ketones is 1. The van der Waals surface area contributed by atoms with Gasteiger partial charge in [-0.3, -0.25) is 4.79 Å². The summed E-state index contributed by atoms with van der Waals surface area (Å²) in [4.78, 5) is 10.3. The lowest BCUT2D eigenvalue weighted by Crippen LogP contribution is -2.23. The Kier molecular flexibility index (Phi) is 4.16. The van der Waals surface area contributed by atoms with E-state index in [0.29, 0.717) is 12.0 Å². The molecule has 18 heavy (non-hydrogen) atoms. The van der Waals surface area contributed by atoms with Crippen LogP contribution in [0.25, 0.3) is 0 Å². The number of Topliss-reactive ketones (excluding diaryl/α,β-unsaturated/α-hetero) is 1. The first kappa shape index (κ1) is 14.7. The predicted molar refractivity (Wildman–Crippen MR) is 58.7 cm³/mol. The SMILES string of the molecule is CCC(=O)Cc1ccc(S(=O)(=O)C(F)(F)F)cc1. The van der Waals surface area contributed by atoms with E-state index in [-0.39, 0.29) is 12.2 Å². The van der Waals surface area contributed by atoms with Crippen LogP contribution in [0, 0.1) is 0 Å². The molecule has 3 nitrogen and oxygen atoms in total. The van der Waals surface area contributed by atoms with Crippen molar-refractivity contribution in [1.29, 1.82) is 0 Å². The number of sulfone groups is 1. The molecule has 7 heteroatoms. The molecule has 0 atom stereocenters. The highest BCUT2D eigenvalue weighted by atomic mass is 32.2. The molecule has 0 saturated carbocycles. The van der Waals surface area contributed by atoms with Gasteiger partial charge in [-0.25, -0.2) is 8.42 Å². The van der Waals surface area contributed by atoms with Crippen LogP contribution in [0.3, 0.4) is 0 Å². The Labute approximate surface area is 103 Å². The first-order valence-electron chi connectivity index (χ1n) is 5.10. The molecule has 0 aliphatic carbocycles. The third kappa shape index (κ3) is 3.10. The molecule has 0 spiro atoms. The maximum Gasteiger partial charge on any atom is 0.501 e. The second-order valence-electron chi connectivity index (χ2n) is 3.66. The molecular formula is C11H11F3O3S. The molecule has 1 aromatic rings. The first-order valence-corrected chi connectivity index (χ1v) is 6.58. The standard InChI is InChI=1S/C11H11F3O3S/c1-2-9(15)7-8-3-5-10(6-4-8)18(16,17)11(12,13)14/h3-6H,2,7H2,1H3. The smallest absolute Gasteiger partial charge is 0.299 e. The van der Waals surface area contributed by atoms with E-state index in [1.165, 1.54) is 12.1 Å². The number of carbonyl (C=O) groups excluding carboxylic acids is 1. The average Bonchev–Trinajstić information content (AvgIpc) is 2.28. The minimum atomic E-state index is -5.31. The van der Waals surface area contributed by atoms with E-state index in [1.54, 1.807) is 6.92 Å².